The number of rotatable bonds is 7. The zero-order chi connectivity index (χ0) is 26.4. The second-order valence-corrected chi connectivity index (χ2v) is 10.9. The Kier molecular flexibility index (Phi) is 6.08. The highest BCUT2D eigenvalue weighted by Crippen LogP contribution is 2.63. The molecule has 1 aliphatic heterocycles. The molecule has 0 radical (unpaired) electrons. The highest BCUT2D eigenvalue weighted by molar-refractivity contribution is 5.95. The number of methoxy groups -OCH3 is 1. The van der Waals surface area contributed by atoms with Crippen LogP contribution in [0.1, 0.15) is 48.5 Å². The summed E-state index contributed by atoms with van der Waals surface area (Å²) in [5, 5.41) is 8.08. The summed E-state index contributed by atoms with van der Waals surface area (Å²) in [7, 11) is 1.60. The summed E-state index contributed by atoms with van der Waals surface area (Å²) in [4.78, 5) is 37.2. The quantitative estimate of drug-likeness (QED) is 0.487. The van der Waals surface area contributed by atoms with Gasteiger partial charge in [0.05, 0.1) is 19.9 Å². The van der Waals surface area contributed by atoms with Gasteiger partial charge in [0.15, 0.2) is 5.82 Å². The average Bonchev–Trinajstić information content (AvgIpc) is 3.61. The number of carbonyl (C=O) groups is 2. The number of piperazine rings is 1. The van der Waals surface area contributed by atoms with Gasteiger partial charge in [0.1, 0.15) is 16.8 Å². The predicted octanol–water partition coefficient (Wildman–Crippen LogP) is 2.37. The van der Waals surface area contributed by atoms with Gasteiger partial charge in [-0.25, -0.2) is 4.98 Å². The summed E-state index contributed by atoms with van der Waals surface area (Å²) < 4.78 is 7.52. The number of fused-ring (bicyclic) bond motifs is 1. The Morgan fingerprint density at radius 3 is 2.55 bits per heavy atom. The summed E-state index contributed by atoms with van der Waals surface area (Å²) in [6.45, 7) is 4.97. The molecule has 3 N–H and O–H groups in total. The van der Waals surface area contributed by atoms with Crippen LogP contribution in [-0.4, -0.2) is 81.2 Å². The molecule has 0 unspecified atom stereocenters. The number of amides is 2. The third-order valence-corrected chi connectivity index (χ3v) is 8.33. The van der Waals surface area contributed by atoms with Crippen LogP contribution in [0.25, 0.3) is 11.0 Å². The van der Waals surface area contributed by atoms with Crippen LogP contribution in [0, 0.1) is 11.3 Å². The first-order valence-electron chi connectivity index (χ1n) is 13.3. The van der Waals surface area contributed by atoms with Gasteiger partial charge in [-0.2, -0.15) is 10.1 Å². The molecule has 3 aromatic rings. The summed E-state index contributed by atoms with van der Waals surface area (Å²) in [6.07, 6.45) is 7.04. The highest BCUT2D eigenvalue weighted by atomic mass is 16.5. The van der Waals surface area contributed by atoms with Crippen LogP contribution in [0.2, 0.25) is 0 Å². The van der Waals surface area contributed by atoms with E-state index >= 15 is 0 Å². The topological polar surface area (TPSA) is 132 Å². The summed E-state index contributed by atoms with van der Waals surface area (Å²) in [6, 6.07) is 5.50. The SMILES string of the molecule is COc1cc(C(=O)N2CCN(C(C)=O)CC2)ccc1Cn1ncc2nc(N)nc(NCC3CC4(CC4)C3)c21. The standard InChI is InChI=1S/C27H34N8O3/c1-17(36)33-7-9-34(10-8-33)25(37)19-3-4-20(22(11-19)38-2)16-35-23-21(15-30-35)31-26(28)32-24(23)29-14-18-12-27(13-18)5-6-27/h3-4,11,15,18H,5-10,12-14,16H2,1-2H3,(H3,28,29,31,32). The number of carbonyl (C=O) groups excluding carboxylic acids is 2. The molecular formula is C27H34N8O3. The van der Waals surface area contributed by atoms with Crippen molar-refractivity contribution in [3.05, 3.63) is 35.5 Å². The Balaban J connectivity index is 1.19. The highest BCUT2D eigenvalue weighted by Gasteiger charge is 2.52. The number of benzene rings is 1. The van der Waals surface area contributed by atoms with Crippen molar-refractivity contribution >= 4 is 34.6 Å². The molecule has 0 atom stereocenters. The molecule has 3 aliphatic rings. The van der Waals surface area contributed by atoms with Crippen molar-refractivity contribution in [1.29, 1.82) is 0 Å². The molecule has 2 amide bonds. The van der Waals surface area contributed by atoms with E-state index in [2.05, 4.69) is 20.4 Å². The number of hydrogen-bond acceptors (Lipinski definition) is 8. The smallest absolute Gasteiger partial charge is 0.254 e. The third kappa shape index (κ3) is 4.61. The molecule has 200 valence electrons. The summed E-state index contributed by atoms with van der Waals surface area (Å²) >= 11 is 0. The van der Waals surface area contributed by atoms with Crippen molar-refractivity contribution in [1.82, 2.24) is 29.5 Å². The van der Waals surface area contributed by atoms with Crippen LogP contribution in [0.4, 0.5) is 11.8 Å². The lowest BCUT2D eigenvalue weighted by Gasteiger charge is -2.36. The number of ether oxygens (including phenoxy) is 1. The Morgan fingerprint density at radius 1 is 1.13 bits per heavy atom. The lowest BCUT2D eigenvalue weighted by Crippen LogP contribution is -2.50. The predicted molar refractivity (Wildman–Crippen MR) is 143 cm³/mol. The molecule has 2 aromatic heterocycles. The first-order chi connectivity index (χ1) is 18.3. The molecule has 0 bridgehead atoms. The van der Waals surface area contributed by atoms with Gasteiger partial charge in [0, 0.05) is 50.8 Å². The van der Waals surface area contributed by atoms with Crippen LogP contribution in [0.5, 0.6) is 5.75 Å². The van der Waals surface area contributed by atoms with E-state index in [1.54, 1.807) is 36.1 Å². The summed E-state index contributed by atoms with van der Waals surface area (Å²) in [5.74, 6) is 2.15. The second kappa shape index (κ2) is 9.45. The van der Waals surface area contributed by atoms with Crippen LogP contribution in [0.15, 0.2) is 24.4 Å². The van der Waals surface area contributed by atoms with Gasteiger partial charge in [-0.05, 0) is 49.1 Å². The van der Waals surface area contributed by atoms with Crippen molar-refractivity contribution in [2.24, 2.45) is 11.3 Å². The number of hydrogen-bond donors (Lipinski definition) is 2. The second-order valence-electron chi connectivity index (χ2n) is 10.9. The van der Waals surface area contributed by atoms with Gasteiger partial charge < -0.3 is 25.6 Å². The van der Waals surface area contributed by atoms with Gasteiger partial charge in [-0.15, -0.1) is 0 Å². The van der Waals surface area contributed by atoms with Crippen LogP contribution >= 0.6 is 0 Å². The van der Waals surface area contributed by atoms with E-state index < -0.39 is 0 Å². The maximum absolute atomic E-state index is 13.1. The lowest BCUT2D eigenvalue weighted by atomic mass is 9.72. The Hall–Kier alpha value is -3.89. The lowest BCUT2D eigenvalue weighted by molar-refractivity contribution is -0.130. The average molecular weight is 519 g/mol. The van der Waals surface area contributed by atoms with Crippen molar-refractivity contribution in [2.45, 2.75) is 39.2 Å². The molecular weight excluding hydrogens is 484 g/mol. The maximum Gasteiger partial charge on any atom is 0.254 e. The number of nitrogen functional groups attached to an aromatic ring is 1. The number of nitrogens with one attached hydrogen (secondary N) is 1. The van der Waals surface area contributed by atoms with E-state index in [9.17, 15) is 9.59 Å². The minimum atomic E-state index is -0.0677. The molecule has 3 fully saturated rings. The number of anilines is 2. The first kappa shape index (κ1) is 24.4. The largest absolute Gasteiger partial charge is 0.496 e. The van der Waals surface area contributed by atoms with Crippen molar-refractivity contribution < 1.29 is 14.3 Å². The Labute approximate surface area is 221 Å². The normalized spacial score (nSPS) is 18.5. The van der Waals surface area contributed by atoms with Gasteiger partial charge in [-0.1, -0.05) is 6.07 Å². The minimum absolute atomic E-state index is 0.0374. The molecule has 1 spiro atoms. The van der Waals surface area contributed by atoms with Gasteiger partial charge >= 0.3 is 0 Å². The fraction of sp³-hybridized carbons (Fsp3) is 0.519. The van der Waals surface area contributed by atoms with E-state index in [0.717, 1.165) is 17.6 Å². The van der Waals surface area contributed by atoms with Crippen molar-refractivity contribution in [3.8, 4) is 5.75 Å². The van der Waals surface area contributed by atoms with Crippen molar-refractivity contribution in [2.75, 3.05) is 50.9 Å². The molecule has 11 nitrogen and oxygen atoms in total. The van der Waals surface area contributed by atoms with Crippen LogP contribution < -0.4 is 15.8 Å². The molecule has 6 rings (SSSR count). The molecule has 1 saturated heterocycles. The molecule has 1 aromatic carbocycles. The zero-order valence-corrected chi connectivity index (χ0v) is 21.9. The van der Waals surface area contributed by atoms with Gasteiger partial charge in [-0.3, -0.25) is 14.3 Å². The Bertz CT molecular complexity index is 1380. The summed E-state index contributed by atoms with van der Waals surface area (Å²) in [5.41, 5.74) is 9.56. The minimum Gasteiger partial charge on any atom is -0.496 e. The van der Waals surface area contributed by atoms with E-state index in [0.29, 0.717) is 66.7 Å². The number of aromatic nitrogens is 4. The van der Waals surface area contributed by atoms with Crippen molar-refractivity contribution in [3.63, 3.8) is 0 Å². The maximum atomic E-state index is 13.1. The van der Waals surface area contributed by atoms with E-state index in [4.69, 9.17) is 10.5 Å². The van der Waals surface area contributed by atoms with E-state index in [1.807, 2.05) is 16.8 Å². The fourth-order valence-corrected chi connectivity index (χ4v) is 5.97. The first-order valence-corrected chi connectivity index (χ1v) is 13.3. The zero-order valence-electron chi connectivity index (χ0n) is 21.9. The van der Waals surface area contributed by atoms with Gasteiger partial charge in [0.2, 0.25) is 11.9 Å². The molecule has 38 heavy (non-hydrogen) atoms. The fourth-order valence-electron chi connectivity index (χ4n) is 5.97. The monoisotopic (exact) mass is 518 g/mol. The van der Waals surface area contributed by atoms with Crippen LogP contribution in [0.3, 0.4) is 0 Å². The number of nitrogens with two attached hydrogens (primary N) is 1. The number of nitrogens with zero attached hydrogens (tertiary/aromatic N) is 6. The van der Waals surface area contributed by atoms with E-state index in [1.165, 1.54) is 25.7 Å². The third-order valence-electron chi connectivity index (χ3n) is 8.33. The molecule has 2 saturated carbocycles. The van der Waals surface area contributed by atoms with Crippen LogP contribution in [-0.2, 0) is 11.3 Å². The molecule has 3 heterocycles. The van der Waals surface area contributed by atoms with E-state index in [-0.39, 0.29) is 17.8 Å². The van der Waals surface area contributed by atoms with Gasteiger partial charge in [0.25, 0.3) is 5.91 Å². The molecule has 11 heteroatoms. The Morgan fingerprint density at radius 2 is 1.87 bits per heavy atom. The molecule has 2 aliphatic carbocycles.